The third-order valence-corrected chi connectivity index (χ3v) is 1.61. The molecular formula is C8H16N2O7. The van der Waals surface area contributed by atoms with E-state index in [-0.39, 0.29) is 0 Å². The number of hydrogen-bond donors (Lipinski definition) is 6. The lowest BCUT2D eigenvalue weighted by molar-refractivity contribution is -0.165. The molecule has 0 aromatic carbocycles. The minimum absolute atomic E-state index is 0.428. The molecule has 17 heavy (non-hydrogen) atoms. The maximum absolute atomic E-state index is 10.0. The molecule has 0 bridgehead atoms. The highest BCUT2D eigenvalue weighted by molar-refractivity contribution is 5.83. The second kappa shape index (κ2) is 8.44. The standard InChI is InChI=1S/C4H10N2O.C4H6O6/c1-2-3(5)4(6)7;5-1(3(7)8)2(6)4(9)10/h3H,2,5H2,1H3,(H2,6,7);1-2,5-6H,(H,7,8)(H,9,10)/t3-;1-,2-/m01/s1. The Balaban J connectivity index is 0. The summed E-state index contributed by atoms with van der Waals surface area (Å²) in [6, 6.07) is -0.458. The molecule has 0 aliphatic carbocycles. The molecule has 0 aromatic rings. The average Bonchev–Trinajstić information content (AvgIpc) is 2.26. The van der Waals surface area contributed by atoms with Gasteiger partial charge in [0.15, 0.2) is 12.2 Å². The quantitative estimate of drug-likeness (QED) is 0.300. The summed E-state index contributed by atoms with van der Waals surface area (Å²) in [4.78, 5) is 29.6. The third-order valence-electron chi connectivity index (χ3n) is 1.61. The summed E-state index contributed by atoms with van der Waals surface area (Å²) < 4.78 is 0. The molecule has 0 saturated heterocycles. The zero-order valence-electron chi connectivity index (χ0n) is 9.11. The molecule has 0 spiro atoms. The first-order valence-corrected chi connectivity index (χ1v) is 4.51. The van der Waals surface area contributed by atoms with E-state index in [0.29, 0.717) is 6.42 Å². The summed E-state index contributed by atoms with van der Waals surface area (Å²) in [6.07, 6.45) is -3.91. The zero-order valence-corrected chi connectivity index (χ0v) is 9.11. The zero-order chi connectivity index (χ0) is 14.2. The second-order valence-corrected chi connectivity index (χ2v) is 2.98. The number of nitrogens with two attached hydrogens (primary N) is 2. The maximum Gasteiger partial charge on any atom is 0.335 e. The lowest BCUT2D eigenvalue weighted by Gasteiger charge is -2.07. The number of carbonyl (C=O) groups is 3. The van der Waals surface area contributed by atoms with Gasteiger partial charge in [-0.3, -0.25) is 4.79 Å². The molecule has 0 aliphatic rings. The molecule has 0 aliphatic heterocycles. The van der Waals surface area contributed by atoms with E-state index in [4.69, 9.17) is 31.9 Å². The van der Waals surface area contributed by atoms with Gasteiger partial charge < -0.3 is 31.9 Å². The van der Waals surface area contributed by atoms with Crippen molar-refractivity contribution in [1.82, 2.24) is 0 Å². The monoisotopic (exact) mass is 252 g/mol. The van der Waals surface area contributed by atoms with Gasteiger partial charge in [-0.05, 0) is 6.42 Å². The van der Waals surface area contributed by atoms with Gasteiger partial charge in [-0.15, -0.1) is 0 Å². The van der Waals surface area contributed by atoms with Crippen molar-refractivity contribution in [2.45, 2.75) is 31.6 Å². The Morgan fingerprint density at radius 1 is 1.06 bits per heavy atom. The molecule has 0 fully saturated rings. The van der Waals surface area contributed by atoms with Crippen LogP contribution in [0.5, 0.6) is 0 Å². The van der Waals surface area contributed by atoms with Crippen LogP contribution in [-0.2, 0) is 14.4 Å². The van der Waals surface area contributed by atoms with Gasteiger partial charge in [0, 0.05) is 0 Å². The van der Waals surface area contributed by atoms with Crippen LogP contribution in [0.3, 0.4) is 0 Å². The molecule has 0 radical (unpaired) electrons. The van der Waals surface area contributed by atoms with Gasteiger partial charge in [0.25, 0.3) is 0 Å². The summed E-state index contributed by atoms with van der Waals surface area (Å²) in [5.74, 6) is -3.97. The van der Waals surface area contributed by atoms with Crippen LogP contribution in [0.25, 0.3) is 0 Å². The largest absolute Gasteiger partial charge is 0.479 e. The van der Waals surface area contributed by atoms with Gasteiger partial charge in [0.1, 0.15) is 0 Å². The van der Waals surface area contributed by atoms with E-state index in [0.717, 1.165) is 0 Å². The lowest BCUT2D eigenvalue weighted by atomic mass is 10.2. The van der Waals surface area contributed by atoms with Crippen molar-refractivity contribution < 1.29 is 34.8 Å². The molecule has 100 valence electrons. The molecular weight excluding hydrogens is 236 g/mol. The number of hydrogen-bond acceptors (Lipinski definition) is 6. The van der Waals surface area contributed by atoms with Crippen LogP contribution < -0.4 is 11.5 Å². The highest BCUT2D eigenvalue weighted by Gasteiger charge is 2.29. The fraction of sp³-hybridized carbons (Fsp3) is 0.625. The Kier molecular flexibility index (Phi) is 8.78. The Bertz CT molecular complexity index is 263. The Morgan fingerprint density at radius 3 is 1.41 bits per heavy atom. The van der Waals surface area contributed by atoms with E-state index < -0.39 is 36.1 Å². The number of primary amides is 1. The maximum atomic E-state index is 10.0. The van der Waals surface area contributed by atoms with Gasteiger partial charge in [0.05, 0.1) is 6.04 Å². The van der Waals surface area contributed by atoms with Crippen LogP contribution in [-0.4, -0.2) is 56.5 Å². The number of aliphatic hydroxyl groups is 2. The second-order valence-electron chi connectivity index (χ2n) is 2.98. The normalized spacial score (nSPS) is 14.8. The minimum Gasteiger partial charge on any atom is -0.479 e. The summed E-state index contributed by atoms with van der Waals surface area (Å²) in [6.45, 7) is 1.81. The number of carboxylic acids is 2. The van der Waals surface area contributed by atoms with E-state index in [1.54, 1.807) is 0 Å². The summed E-state index contributed by atoms with van der Waals surface area (Å²) in [7, 11) is 0. The topological polar surface area (TPSA) is 184 Å². The third kappa shape index (κ3) is 8.13. The van der Waals surface area contributed by atoms with Gasteiger partial charge in [-0.2, -0.15) is 0 Å². The van der Waals surface area contributed by atoms with E-state index in [2.05, 4.69) is 0 Å². The average molecular weight is 252 g/mol. The molecule has 9 heteroatoms. The minimum atomic E-state index is -2.27. The highest BCUT2D eigenvalue weighted by atomic mass is 16.4. The first-order chi connectivity index (χ1) is 7.64. The van der Waals surface area contributed by atoms with Crippen molar-refractivity contribution in [3.8, 4) is 0 Å². The van der Waals surface area contributed by atoms with Crippen molar-refractivity contribution >= 4 is 17.8 Å². The van der Waals surface area contributed by atoms with Gasteiger partial charge in [-0.1, -0.05) is 6.92 Å². The molecule has 0 aromatic heterocycles. The van der Waals surface area contributed by atoms with Crippen LogP contribution in [0.1, 0.15) is 13.3 Å². The van der Waals surface area contributed by atoms with Crippen LogP contribution in [0.4, 0.5) is 0 Å². The predicted molar refractivity (Wildman–Crippen MR) is 54.7 cm³/mol. The summed E-state index contributed by atoms with van der Waals surface area (Å²) in [5.41, 5.74) is 9.92. The van der Waals surface area contributed by atoms with Crippen molar-refractivity contribution in [2.24, 2.45) is 11.5 Å². The molecule has 0 heterocycles. The molecule has 0 saturated carbocycles. The van der Waals surface area contributed by atoms with Crippen LogP contribution in [0.2, 0.25) is 0 Å². The molecule has 1 amide bonds. The van der Waals surface area contributed by atoms with Crippen molar-refractivity contribution in [2.75, 3.05) is 0 Å². The number of carboxylic acid groups (broad SMARTS) is 2. The Hall–Kier alpha value is -1.71. The molecule has 9 nitrogen and oxygen atoms in total. The smallest absolute Gasteiger partial charge is 0.335 e. The predicted octanol–water partition coefficient (Wildman–Crippen LogP) is -2.91. The molecule has 8 N–H and O–H groups in total. The summed E-state index contributed by atoms with van der Waals surface area (Å²) >= 11 is 0. The highest BCUT2D eigenvalue weighted by Crippen LogP contribution is 1.92. The van der Waals surface area contributed by atoms with E-state index >= 15 is 0 Å². The van der Waals surface area contributed by atoms with E-state index in [9.17, 15) is 14.4 Å². The number of aliphatic carboxylic acids is 2. The van der Waals surface area contributed by atoms with Crippen molar-refractivity contribution in [3.63, 3.8) is 0 Å². The van der Waals surface area contributed by atoms with Crippen LogP contribution in [0, 0.1) is 0 Å². The van der Waals surface area contributed by atoms with Crippen molar-refractivity contribution in [3.05, 3.63) is 0 Å². The number of carbonyl (C=O) groups excluding carboxylic acids is 1. The van der Waals surface area contributed by atoms with Crippen LogP contribution >= 0.6 is 0 Å². The number of rotatable bonds is 5. The first-order valence-electron chi connectivity index (χ1n) is 4.51. The molecule has 3 atom stereocenters. The SMILES string of the molecule is CC[C@H](N)C(N)=O.O=C(O)[C@H](O)[C@@H](O)C(=O)O. The number of amides is 1. The van der Waals surface area contributed by atoms with E-state index in [1.165, 1.54) is 0 Å². The molecule has 0 unspecified atom stereocenters. The van der Waals surface area contributed by atoms with Crippen molar-refractivity contribution in [1.29, 1.82) is 0 Å². The Morgan fingerprint density at radius 2 is 1.35 bits per heavy atom. The van der Waals surface area contributed by atoms with Gasteiger partial charge >= 0.3 is 11.9 Å². The summed E-state index contributed by atoms with van der Waals surface area (Å²) in [5, 5.41) is 32.5. The van der Waals surface area contributed by atoms with E-state index in [1.807, 2.05) is 6.92 Å². The molecule has 0 rings (SSSR count). The first kappa shape index (κ1) is 17.7. The lowest BCUT2D eigenvalue weighted by Crippen LogP contribution is -2.39. The Labute approximate surface area is 96.6 Å². The fourth-order valence-corrected chi connectivity index (χ4v) is 0.471. The number of aliphatic hydroxyl groups excluding tert-OH is 2. The van der Waals surface area contributed by atoms with Crippen LogP contribution in [0.15, 0.2) is 0 Å². The fourth-order valence-electron chi connectivity index (χ4n) is 0.471. The van der Waals surface area contributed by atoms with Gasteiger partial charge in [0.2, 0.25) is 5.91 Å². The van der Waals surface area contributed by atoms with Gasteiger partial charge in [-0.25, -0.2) is 9.59 Å².